The number of rotatable bonds is 7. The van der Waals surface area contributed by atoms with Crippen LogP contribution in [0.1, 0.15) is 12.8 Å². The molecule has 1 N–H and O–H groups in total. The van der Waals surface area contributed by atoms with E-state index >= 15 is 0 Å². The lowest BCUT2D eigenvalue weighted by Crippen LogP contribution is -2.39. The maximum Gasteiger partial charge on any atom is 0.271 e. The van der Waals surface area contributed by atoms with E-state index in [9.17, 15) is 14.0 Å². The molecule has 0 saturated carbocycles. The maximum atomic E-state index is 13.3. The van der Waals surface area contributed by atoms with Gasteiger partial charge < -0.3 is 24.4 Å². The lowest BCUT2D eigenvalue weighted by molar-refractivity contribution is -0.120. The number of hydrogen-bond acceptors (Lipinski definition) is 7. The van der Waals surface area contributed by atoms with Crippen LogP contribution in [0.15, 0.2) is 53.3 Å². The van der Waals surface area contributed by atoms with Crippen LogP contribution < -0.4 is 30.0 Å². The molecule has 4 rings (SSSR count). The first-order chi connectivity index (χ1) is 16.9. The number of nitrogens with zero attached hydrogens (tertiary/aromatic N) is 3. The van der Waals surface area contributed by atoms with Gasteiger partial charge in [0.1, 0.15) is 11.6 Å². The fraction of sp³-hybridized carbons (Fsp3) is 0.320. The number of hydrogen-bond donors (Lipinski definition) is 1. The first-order valence-corrected chi connectivity index (χ1v) is 11.2. The third kappa shape index (κ3) is 5.21. The summed E-state index contributed by atoms with van der Waals surface area (Å²) in [6.07, 6.45) is 1.24. The van der Waals surface area contributed by atoms with Gasteiger partial charge in [-0.2, -0.15) is 4.68 Å². The molecule has 0 atom stereocenters. The van der Waals surface area contributed by atoms with E-state index in [0.29, 0.717) is 60.4 Å². The predicted molar refractivity (Wildman–Crippen MR) is 129 cm³/mol. The van der Waals surface area contributed by atoms with Crippen LogP contribution in [0.25, 0.3) is 5.69 Å². The number of amides is 1. The molecule has 1 saturated heterocycles. The van der Waals surface area contributed by atoms with E-state index in [1.165, 1.54) is 56.3 Å². The van der Waals surface area contributed by atoms with Gasteiger partial charge in [-0.1, -0.05) is 0 Å². The van der Waals surface area contributed by atoms with Crippen molar-refractivity contribution in [3.05, 3.63) is 64.7 Å². The van der Waals surface area contributed by atoms with Crippen LogP contribution in [0.2, 0.25) is 0 Å². The molecule has 10 heteroatoms. The average Bonchev–Trinajstić information content (AvgIpc) is 2.89. The highest BCUT2D eigenvalue weighted by molar-refractivity contribution is 5.93. The zero-order valence-corrected chi connectivity index (χ0v) is 19.8. The largest absolute Gasteiger partial charge is 0.493 e. The summed E-state index contributed by atoms with van der Waals surface area (Å²) in [6.45, 7) is 1.20. The van der Waals surface area contributed by atoms with Crippen LogP contribution >= 0.6 is 0 Å². The van der Waals surface area contributed by atoms with Gasteiger partial charge in [-0.15, -0.1) is 5.10 Å². The van der Waals surface area contributed by atoms with Crippen LogP contribution in [0.4, 0.5) is 15.9 Å². The van der Waals surface area contributed by atoms with Gasteiger partial charge in [0.15, 0.2) is 11.5 Å². The highest BCUT2D eigenvalue weighted by Gasteiger charge is 2.27. The van der Waals surface area contributed by atoms with Crippen LogP contribution in [-0.2, 0) is 4.79 Å². The van der Waals surface area contributed by atoms with E-state index in [4.69, 9.17) is 14.2 Å². The molecule has 1 aliphatic rings. The van der Waals surface area contributed by atoms with E-state index in [-0.39, 0.29) is 23.2 Å². The number of piperidine rings is 1. The molecule has 3 aromatic rings. The van der Waals surface area contributed by atoms with Gasteiger partial charge in [0.2, 0.25) is 11.7 Å². The molecule has 9 nitrogen and oxygen atoms in total. The molecule has 1 fully saturated rings. The zero-order valence-electron chi connectivity index (χ0n) is 19.8. The van der Waals surface area contributed by atoms with Crippen molar-refractivity contribution >= 4 is 17.4 Å². The summed E-state index contributed by atoms with van der Waals surface area (Å²) in [5, 5.41) is 7.40. The predicted octanol–water partition coefficient (Wildman–Crippen LogP) is 3.25. The number of aromatic nitrogens is 2. The van der Waals surface area contributed by atoms with Gasteiger partial charge in [0, 0.05) is 42.9 Å². The summed E-state index contributed by atoms with van der Waals surface area (Å²) in [7, 11) is 4.56. The van der Waals surface area contributed by atoms with Crippen molar-refractivity contribution in [2.45, 2.75) is 12.8 Å². The molecular weight excluding hydrogens is 455 g/mol. The molecule has 2 aromatic carbocycles. The smallest absolute Gasteiger partial charge is 0.271 e. The molecule has 1 amide bonds. The minimum atomic E-state index is -0.384. The topological polar surface area (TPSA) is 94.9 Å². The summed E-state index contributed by atoms with van der Waals surface area (Å²) in [4.78, 5) is 27.3. The minimum absolute atomic E-state index is 0.0943. The zero-order chi connectivity index (χ0) is 24.9. The molecule has 0 radical (unpaired) electrons. The third-order valence-electron chi connectivity index (χ3n) is 5.98. The first kappa shape index (κ1) is 24.1. The monoisotopic (exact) mass is 482 g/mol. The number of halogens is 1. The molecule has 2 heterocycles. The number of nitrogens with one attached hydrogen (secondary N) is 1. The summed E-state index contributed by atoms with van der Waals surface area (Å²) < 4.78 is 30.5. The van der Waals surface area contributed by atoms with Crippen molar-refractivity contribution < 1.29 is 23.4 Å². The van der Waals surface area contributed by atoms with E-state index in [1.807, 2.05) is 4.90 Å². The Morgan fingerprint density at radius 1 is 0.971 bits per heavy atom. The standard InChI is InChI=1S/C25H27FN4O5/c1-33-20-14-18(15-21(34-2)24(20)35-3)27-25(32)16-10-12-29(13-11-16)22-8-9-23(31)30(28-22)19-6-4-17(26)5-7-19/h4-9,14-16H,10-13H2,1-3H3,(H,27,32). The highest BCUT2D eigenvalue weighted by atomic mass is 19.1. The minimum Gasteiger partial charge on any atom is -0.493 e. The normalized spacial score (nSPS) is 13.9. The van der Waals surface area contributed by atoms with E-state index in [1.54, 1.807) is 18.2 Å². The van der Waals surface area contributed by atoms with Crippen LogP contribution in [0, 0.1) is 11.7 Å². The second-order valence-electron chi connectivity index (χ2n) is 8.08. The number of anilines is 2. The number of carbonyl (C=O) groups is 1. The Hall–Kier alpha value is -4.08. The Morgan fingerprint density at radius 2 is 1.60 bits per heavy atom. The van der Waals surface area contributed by atoms with Crippen LogP contribution in [0.3, 0.4) is 0 Å². The Bertz CT molecular complexity index is 1230. The van der Waals surface area contributed by atoms with E-state index in [2.05, 4.69) is 10.4 Å². The van der Waals surface area contributed by atoms with E-state index < -0.39 is 0 Å². The molecule has 0 bridgehead atoms. The summed E-state index contributed by atoms with van der Waals surface area (Å²) >= 11 is 0. The second-order valence-corrected chi connectivity index (χ2v) is 8.08. The Kier molecular flexibility index (Phi) is 7.19. The van der Waals surface area contributed by atoms with Crippen molar-refractivity contribution in [2.75, 3.05) is 44.6 Å². The summed E-state index contributed by atoms with van der Waals surface area (Å²) in [5.41, 5.74) is 0.734. The number of methoxy groups -OCH3 is 3. The molecule has 35 heavy (non-hydrogen) atoms. The SMILES string of the molecule is COc1cc(NC(=O)C2CCN(c3ccc(=O)n(-c4ccc(F)cc4)n3)CC2)cc(OC)c1OC. The molecule has 184 valence electrons. The molecule has 0 aliphatic carbocycles. The Morgan fingerprint density at radius 3 is 2.17 bits per heavy atom. The van der Waals surface area contributed by atoms with Crippen molar-refractivity contribution in [3.63, 3.8) is 0 Å². The number of carbonyl (C=O) groups excluding carboxylic acids is 1. The van der Waals surface area contributed by atoms with Crippen LogP contribution in [0.5, 0.6) is 17.2 Å². The molecule has 1 aliphatic heterocycles. The van der Waals surface area contributed by atoms with Crippen molar-refractivity contribution in [1.82, 2.24) is 9.78 Å². The fourth-order valence-electron chi connectivity index (χ4n) is 4.11. The third-order valence-corrected chi connectivity index (χ3v) is 5.98. The maximum absolute atomic E-state index is 13.3. The quantitative estimate of drug-likeness (QED) is 0.552. The van der Waals surface area contributed by atoms with Gasteiger partial charge in [0.05, 0.1) is 27.0 Å². The summed E-state index contributed by atoms with van der Waals surface area (Å²) in [6, 6.07) is 12.1. The second kappa shape index (κ2) is 10.5. The van der Waals surface area contributed by atoms with Gasteiger partial charge in [0.25, 0.3) is 5.56 Å². The van der Waals surface area contributed by atoms with Gasteiger partial charge in [-0.05, 0) is 43.2 Å². The van der Waals surface area contributed by atoms with Gasteiger partial charge in [-0.3, -0.25) is 9.59 Å². The van der Waals surface area contributed by atoms with Gasteiger partial charge in [-0.25, -0.2) is 4.39 Å². The Balaban J connectivity index is 1.43. The average molecular weight is 483 g/mol. The molecule has 0 unspecified atom stereocenters. The molecule has 0 spiro atoms. The van der Waals surface area contributed by atoms with E-state index in [0.717, 1.165) is 0 Å². The van der Waals surface area contributed by atoms with Crippen molar-refractivity contribution in [3.8, 4) is 22.9 Å². The highest BCUT2D eigenvalue weighted by Crippen LogP contribution is 2.40. The molecular formula is C25H27FN4O5. The van der Waals surface area contributed by atoms with Crippen LogP contribution in [-0.4, -0.2) is 50.1 Å². The van der Waals surface area contributed by atoms with Gasteiger partial charge >= 0.3 is 0 Å². The molecule has 1 aromatic heterocycles. The summed E-state index contributed by atoms with van der Waals surface area (Å²) in [5.74, 6) is 1.33. The van der Waals surface area contributed by atoms with Crippen molar-refractivity contribution in [1.29, 1.82) is 0 Å². The number of benzene rings is 2. The number of ether oxygens (including phenoxy) is 3. The first-order valence-electron chi connectivity index (χ1n) is 11.2. The van der Waals surface area contributed by atoms with Crippen molar-refractivity contribution in [2.24, 2.45) is 5.92 Å². The lowest BCUT2D eigenvalue weighted by Gasteiger charge is -2.32. The lowest BCUT2D eigenvalue weighted by atomic mass is 9.95. The Labute approximate surface area is 202 Å². The fourth-order valence-corrected chi connectivity index (χ4v) is 4.11.